The van der Waals surface area contributed by atoms with E-state index in [1.54, 1.807) is 7.11 Å². The first-order valence-electron chi connectivity index (χ1n) is 5.57. The van der Waals surface area contributed by atoms with Crippen LogP contribution in [0.4, 0.5) is 0 Å². The van der Waals surface area contributed by atoms with Gasteiger partial charge in [0.05, 0.1) is 12.6 Å². The third-order valence-electron chi connectivity index (χ3n) is 3.54. The molecule has 0 unspecified atom stereocenters. The number of aromatic nitrogens is 1. The summed E-state index contributed by atoms with van der Waals surface area (Å²) in [5.74, 6) is 0.913. The standard InChI is InChI=1S/C13H16N2O/c1-15-8-5-9-10(13(14)6-7-13)3-4-11(16-2)12(9)15/h3-5,8H,6-7,14H2,1-2H3. The van der Waals surface area contributed by atoms with Gasteiger partial charge in [-0.1, -0.05) is 6.07 Å². The summed E-state index contributed by atoms with van der Waals surface area (Å²) in [6, 6.07) is 6.25. The first-order chi connectivity index (χ1) is 7.65. The minimum Gasteiger partial charge on any atom is -0.495 e. The van der Waals surface area contributed by atoms with Gasteiger partial charge in [0.15, 0.2) is 0 Å². The summed E-state index contributed by atoms with van der Waals surface area (Å²) in [7, 11) is 3.74. The van der Waals surface area contributed by atoms with E-state index >= 15 is 0 Å². The van der Waals surface area contributed by atoms with E-state index in [1.807, 2.05) is 13.1 Å². The van der Waals surface area contributed by atoms with Crippen molar-refractivity contribution < 1.29 is 4.74 Å². The molecule has 1 aliphatic carbocycles. The first-order valence-corrected chi connectivity index (χ1v) is 5.57. The zero-order chi connectivity index (χ0) is 11.3. The number of hydrogen-bond acceptors (Lipinski definition) is 2. The third-order valence-corrected chi connectivity index (χ3v) is 3.54. The van der Waals surface area contributed by atoms with Crippen molar-refractivity contribution >= 4 is 10.9 Å². The Morgan fingerprint density at radius 2 is 2.06 bits per heavy atom. The Hall–Kier alpha value is -1.48. The molecule has 3 nitrogen and oxygen atoms in total. The van der Waals surface area contributed by atoms with Gasteiger partial charge in [-0.05, 0) is 30.5 Å². The van der Waals surface area contributed by atoms with E-state index in [1.165, 1.54) is 10.9 Å². The Morgan fingerprint density at radius 3 is 2.69 bits per heavy atom. The number of hydrogen-bond donors (Lipinski definition) is 1. The quantitative estimate of drug-likeness (QED) is 0.835. The van der Waals surface area contributed by atoms with Crippen molar-refractivity contribution in [1.29, 1.82) is 0 Å². The summed E-state index contributed by atoms with van der Waals surface area (Å²) in [5, 5.41) is 1.22. The first kappa shape index (κ1) is 9.73. The Labute approximate surface area is 94.8 Å². The Bertz CT molecular complexity index is 552. The smallest absolute Gasteiger partial charge is 0.143 e. The molecular formula is C13H16N2O. The van der Waals surface area contributed by atoms with Crippen molar-refractivity contribution in [2.24, 2.45) is 12.8 Å². The number of nitrogens with zero attached hydrogens (tertiary/aromatic N) is 1. The molecule has 84 valence electrons. The summed E-state index contributed by atoms with van der Waals surface area (Å²) in [5.41, 5.74) is 8.58. The Morgan fingerprint density at radius 1 is 1.31 bits per heavy atom. The van der Waals surface area contributed by atoms with Gasteiger partial charge in [-0.3, -0.25) is 0 Å². The van der Waals surface area contributed by atoms with Crippen LogP contribution in [0.2, 0.25) is 0 Å². The van der Waals surface area contributed by atoms with Crippen LogP contribution >= 0.6 is 0 Å². The number of nitrogens with two attached hydrogens (primary N) is 1. The molecule has 3 rings (SSSR count). The number of fused-ring (bicyclic) bond motifs is 1. The minimum atomic E-state index is -0.0914. The van der Waals surface area contributed by atoms with Crippen molar-refractivity contribution in [2.45, 2.75) is 18.4 Å². The van der Waals surface area contributed by atoms with Gasteiger partial charge >= 0.3 is 0 Å². The topological polar surface area (TPSA) is 40.2 Å². The highest BCUT2D eigenvalue weighted by Crippen LogP contribution is 2.46. The molecule has 0 radical (unpaired) electrons. The molecule has 0 aliphatic heterocycles. The van der Waals surface area contributed by atoms with Gasteiger partial charge in [-0.15, -0.1) is 0 Å². The van der Waals surface area contributed by atoms with Crippen LogP contribution < -0.4 is 10.5 Å². The maximum atomic E-state index is 6.28. The van der Waals surface area contributed by atoms with Crippen LogP contribution in [-0.2, 0) is 12.6 Å². The Kier molecular flexibility index (Phi) is 1.83. The van der Waals surface area contributed by atoms with E-state index in [2.05, 4.69) is 22.9 Å². The molecule has 1 aromatic heterocycles. The van der Waals surface area contributed by atoms with E-state index in [9.17, 15) is 0 Å². The van der Waals surface area contributed by atoms with E-state index in [0.717, 1.165) is 24.1 Å². The predicted octanol–water partition coefficient (Wildman–Crippen LogP) is 2.13. The van der Waals surface area contributed by atoms with Crippen LogP contribution in [0.3, 0.4) is 0 Å². The van der Waals surface area contributed by atoms with Crippen LogP contribution in [0.5, 0.6) is 5.75 Å². The third kappa shape index (κ3) is 1.18. The van der Waals surface area contributed by atoms with Gasteiger partial charge in [0.1, 0.15) is 5.75 Å². The second-order valence-corrected chi connectivity index (χ2v) is 4.66. The lowest BCUT2D eigenvalue weighted by Gasteiger charge is -2.13. The van der Waals surface area contributed by atoms with Gasteiger partial charge < -0.3 is 15.0 Å². The molecule has 2 aromatic rings. The zero-order valence-electron chi connectivity index (χ0n) is 9.66. The largest absolute Gasteiger partial charge is 0.495 e. The highest BCUT2D eigenvalue weighted by Gasteiger charge is 2.41. The molecule has 1 aromatic carbocycles. The van der Waals surface area contributed by atoms with E-state index < -0.39 is 0 Å². The molecule has 0 bridgehead atoms. The highest BCUT2D eigenvalue weighted by molar-refractivity contribution is 5.90. The summed E-state index contributed by atoms with van der Waals surface area (Å²) in [6.07, 6.45) is 4.23. The summed E-state index contributed by atoms with van der Waals surface area (Å²) in [6.45, 7) is 0. The lowest BCUT2D eigenvalue weighted by molar-refractivity contribution is 0.417. The number of rotatable bonds is 2. The Balaban J connectivity index is 2.33. The van der Waals surface area contributed by atoms with Crippen molar-refractivity contribution in [3.63, 3.8) is 0 Å². The lowest BCUT2D eigenvalue weighted by atomic mass is 10.0. The molecule has 1 saturated carbocycles. The van der Waals surface area contributed by atoms with Gasteiger partial charge in [-0.2, -0.15) is 0 Å². The molecule has 0 saturated heterocycles. The molecule has 16 heavy (non-hydrogen) atoms. The fourth-order valence-corrected chi connectivity index (χ4v) is 2.38. The molecular weight excluding hydrogens is 200 g/mol. The average molecular weight is 216 g/mol. The van der Waals surface area contributed by atoms with Gasteiger partial charge in [-0.25, -0.2) is 0 Å². The zero-order valence-corrected chi connectivity index (χ0v) is 9.66. The maximum absolute atomic E-state index is 6.28. The van der Waals surface area contributed by atoms with Gasteiger partial charge in [0, 0.05) is 24.2 Å². The van der Waals surface area contributed by atoms with Crippen LogP contribution in [0.1, 0.15) is 18.4 Å². The number of benzene rings is 1. The van der Waals surface area contributed by atoms with E-state index in [0.29, 0.717) is 0 Å². The molecule has 3 heteroatoms. The monoisotopic (exact) mass is 216 g/mol. The summed E-state index contributed by atoms with van der Waals surface area (Å²) < 4.78 is 7.48. The van der Waals surface area contributed by atoms with E-state index in [4.69, 9.17) is 10.5 Å². The molecule has 1 fully saturated rings. The van der Waals surface area contributed by atoms with Gasteiger partial charge in [0.2, 0.25) is 0 Å². The molecule has 0 atom stereocenters. The average Bonchev–Trinajstić information content (AvgIpc) is 2.92. The summed E-state index contributed by atoms with van der Waals surface area (Å²) in [4.78, 5) is 0. The van der Waals surface area contributed by atoms with Crippen LogP contribution in [0.15, 0.2) is 24.4 Å². The number of ether oxygens (including phenoxy) is 1. The minimum absolute atomic E-state index is 0.0914. The van der Waals surface area contributed by atoms with Crippen molar-refractivity contribution in [2.75, 3.05) is 7.11 Å². The van der Waals surface area contributed by atoms with Crippen LogP contribution in [-0.4, -0.2) is 11.7 Å². The van der Waals surface area contributed by atoms with Crippen molar-refractivity contribution in [3.05, 3.63) is 30.0 Å². The fourth-order valence-electron chi connectivity index (χ4n) is 2.38. The van der Waals surface area contributed by atoms with Crippen LogP contribution in [0, 0.1) is 0 Å². The highest BCUT2D eigenvalue weighted by atomic mass is 16.5. The summed E-state index contributed by atoms with van der Waals surface area (Å²) >= 11 is 0. The lowest BCUT2D eigenvalue weighted by Crippen LogP contribution is -2.18. The van der Waals surface area contributed by atoms with Crippen molar-refractivity contribution in [3.8, 4) is 5.75 Å². The fraction of sp³-hybridized carbons (Fsp3) is 0.385. The second kappa shape index (κ2) is 3.01. The molecule has 2 N–H and O–H groups in total. The SMILES string of the molecule is COc1ccc(C2(N)CC2)c2ccn(C)c12. The second-order valence-electron chi connectivity index (χ2n) is 4.66. The molecule has 1 heterocycles. The van der Waals surface area contributed by atoms with Crippen LogP contribution in [0.25, 0.3) is 10.9 Å². The number of methoxy groups -OCH3 is 1. The normalized spacial score (nSPS) is 17.7. The molecule has 1 aliphatic rings. The van der Waals surface area contributed by atoms with E-state index in [-0.39, 0.29) is 5.54 Å². The van der Waals surface area contributed by atoms with Crippen molar-refractivity contribution in [1.82, 2.24) is 4.57 Å². The van der Waals surface area contributed by atoms with Gasteiger partial charge in [0.25, 0.3) is 0 Å². The molecule has 0 spiro atoms. The number of aryl methyl sites for hydroxylation is 1. The maximum Gasteiger partial charge on any atom is 0.143 e. The molecule has 0 amide bonds. The predicted molar refractivity (Wildman–Crippen MR) is 64.6 cm³/mol.